The van der Waals surface area contributed by atoms with Crippen molar-refractivity contribution in [2.75, 3.05) is 6.61 Å². The number of pyridine rings is 2. The first-order chi connectivity index (χ1) is 13.1. The molecule has 3 rings (SSSR count). The van der Waals surface area contributed by atoms with Crippen molar-refractivity contribution in [3.8, 4) is 5.88 Å². The molecule has 28 heavy (non-hydrogen) atoms. The van der Waals surface area contributed by atoms with Gasteiger partial charge in [0.1, 0.15) is 5.69 Å². The molecule has 0 saturated heterocycles. The highest BCUT2D eigenvalue weighted by Gasteiger charge is 2.34. The van der Waals surface area contributed by atoms with E-state index in [0.29, 0.717) is 22.3 Å². The van der Waals surface area contributed by atoms with Crippen LogP contribution in [0.2, 0.25) is 0 Å². The van der Waals surface area contributed by atoms with Gasteiger partial charge in [-0.2, -0.15) is 0 Å². The van der Waals surface area contributed by atoms with Crippen LogP contribution in [0.1, 0.15) is 57.4 Å². The van der Waals surface area contributed by atoms with E-state index in [1.54, 1.807) is 24.0 Å². The van der Waals surface area contributed by atoms with Crippen LogP contribution in [0.15, 0.2) is 24.5 Å². The molecule has 1 unspecified atom stereocenters. The maximum Gasteiger partial charge on any atom is 0.278 e. The van der Waals surface area contributed by atoms with Crippen molar-refractivity contribution in [3.63, 3.8) is 0 Å². The fourth-order valence-electron chi connectivity index (χ4n) is 3.11. The van der Waals surface area contributed by atoms with E-state index in [1.807, 2.05) is 6.92 Å². The molecule has 0 radical (unpaired) electrons. The molecule has 3 heterocycles. The molecule has 9 heteroatoms. The maximum atomic E-state index is 13.0. The van der Waals surface area contributed by atoms with Crippen LogP contribution < -0.4 is 10.5 Å². The predicted molar refractivity (Wildman–Crippen MR) is 96.1 cm³/mol. The molecular weight excluding hydrogens is 370 g/mol. The van der Waals surface area contributed by atoms with Crippen molar-refractivity contribution in [2.45, 2.75) is 39.3 Å². The number of carbonyl (C=O) groups excluding carboxylic acids is 2. The van der Waals surface area contributed by atoms with Crippen molar-refractivity contribution in [1.29, 1.82) is 0 Å². The third-order valence-corrected chi connectivity index (χ3v) is 4.57. The Morgan fingerprint density at radius 2 is 2.14 bits per heavy atom. The lowest BCUT2D eigenvalue weighted by Gasteiger charge is -2.25. The number of primary amides is 1. The van der Waals surface area contributed by atoms with Gasteiger partial charge in [-0.15, -0.1) is 0 Å². The van der Waals surface area contributed by atoms with Gasteiger partial charge in [0, 0.05) is 42.6 Å². The summed E-state index contributed by atoms with van der Waals surface area (Å²) in [5.74, 6) is -3.77. The van der Waals surface area contributed by atoms with Gasteiger partial charge in [0.25, 0.3) is 17.7 Å². The van der Waals surface area contributed by atoms with Crippen LogP contribution in [-0.4, -0.2) is 39.2 Å². The number of hydrogen-bond donors (Lipinski definition) is 1. The molecule has 1 aliphatic rings. The number of amides is 2. The smallest absolute Gasteiger partial charge is 0.278 e. The zero-order valence-electron chi connectivity index (χ0n) is 15.7. The lowest BCUT2D eigenvalue weighted by Crippen LogP contribution is -2.27. The van der Waals surface area contributed by atoms with Crippen LogP contribution in [-0.2, 0) is 6.54 Å². The third kappa shape index (κ3) is 3.78. The van der Waals surface area contributed by atoms with E-state index in [9.17, 15) is 18.4 Å². The summed E-state index contributed by atoms with van der Waals surface area (Å²) in [4.78, 5) is 34.0. The van der Waals surface area contributed by atoms with Gasteiger partial charge in [-0.25, -0.2) is 13.8 Å². The summed E-state index contributed by atoms with van der Waals surface area (Å²) < 4.78 is 31.0. The number of halogens is 2. The minimum absolute atomic E-state index is 0.0825. The number of hydrogen-bond acceptors (Lipinski definition) is 5. The van der Waals surface area contributed by atoms with Gasteiger partial charge in [0.2, 0.25) is 5.88 Å². The third-order valence-electron chi connectivity index (χ3n) is 4.57. The van der Waals surface area contributed by atoms with Crippen molar-refractivity contribution >= 4 is 11.8 Å². The fraction of sp³-hybridized carbons (Fsp3) is 0.368. The van der Waals surface area contributed by atoms with E-state index in [2.05, 4.69) is 9.97 Å². The largest absolute Gasteiger partial charge is 0.471 e. The second-order valence-corrected chi connectivity index (χ2v) is 6.91. The molecule has 148 valence electrons. The summed E-state index contributed by atoms with van der Waals surface area (Å²) >= 11 is 0. The van der Waals surface area contributed by atoms with Gasteiger partial charge < -0.3 is 15.4 Å². The van der Waals surface area contributed by atoms with Gasteiger partial charge >= 0.3 is 0 Å². The van der Waals surface area contributed by atoms with Crippen LogP contribution in [0, 0.1) is 6.92 Å². The number of carbonyl (C=O) groups is 2. The van der Waals surface area contributed by atoms with Crippen LogP contribution in [0.25, 0.3) is 0 Å². The molecule has 0 saturated carbocycles. The Morgan fingerprint density at radius 3 is 2.75 bits per heavy atom. The van der Waals surface area contributed by atoms with Crippen LogP contribution in [0.5, 0.6) is 5.88 Å². The molecule has 2 aromatic heterocycles. The molecule has 0 spiro atoms. The first-order valence-corrected chi connectivity index (χ1v) is 8.64. The molecule has 2 aromatic rings. The van der Waals surface area contributed by atoms with Gasteiger partial charge in [-0.05, 0) is 31.5 Å². The highest BCUT2D eigenvalue weighted by atomic mass is 19.3. The molecule has 0 aromatic carbocycles. The van der Waals surface area contributed by atoms with Gasteiger partial charge in [0.15, 0.2) is 6.61 Å². The highest BCUT2D eigenvalue weighted by molar-refractivity contribution is 6.03. The normalized spacial score (nSPS) is 14.8. The molecular formula is C19H20F2N4O3. The molecule has 1 aliphatic heterocycles. The van der Waals surface area contributed by atoms with E-state index >= 15 is 0 Å². The van der Waals surface area contributed by atoms with Gasteiger partial charge in [-0.1, -0.05) is 0 Å². The first-order valence-electron chi connectivity index (χ1n) is 8.64. The molecule has 1 atom stereocenters. The van der Waals surface area contributed by atoms with E-state index < -0.39 is 18.4 Å². The molecule has 2 amide bonds. The first kappa shape index (κ1) is 19.7. The topological polar surface area (TPSA) is 98.4 Å². The van der Waals surface area contributed by atoms with Crippen LogP contribution in [0.3, 0.4) is 0 Å². The standard InChI is InChI=1S/C19H20F2N4O3/c1-10-6-12(7-24-17(10)28-9-19(3,20)21)11(2)25-8-14-13(18(25)27)4-5-23-15(14)16(22)26/h4-7,11H,8-9H2,1-3H3,(H2,22,26). The molecule has 2 N–H and O–H groups in total. The lowest BCUT2D eigenvalue weighted by atomic mass is 10.1. The number of nitrogens with two attached hydrogens (primary N) is 1. The molecule has 0 aliphatic carbocycles. The Balaban J connectivity index is 1.82. The summed E-state index contributed by atoms with van der Waals surface area (Å²) in [6.45, 7) is 3.71. The SMILES string of the molecule is Cc1cc(C(C)N2Cc3c(ccnc3C(N)=O)C2=O)cnc1OCC(C)(F)F. The quantitative estimate of drug-likeness (QED) is 0.818. The van der Waals surface area contributed by atoms with Gasteiger partial charge in [0.05, 0.1) is 6.04 Å². The Labute approximate surface area is 160 Å². The highest BCUT2D eigenvalue weighted by Crippen LogP contribution is 2.33. The van der Waals surface area contributed by atoms with Crippen molar-refractivity contribution in [2.24, 2.45) is 5.73 Å². The van der Waals surface area contributed by atoms with Crippen LogP contribution >= 0.6 is 0 Å². The number of ether oxygens (including phenoxy) is 1. The van der Waals surface area contributed by atoms with Crippen molar-refractivity contribution in [3.05, 3.63) is 52.5 Å². The zero-order chi connectivity index (χ0) is 20.6. The van der Waals surface area contributed by atoms with Crippen molar-refractivity contribution in [1.82, 2.24) is 14.9 Å². The zero-order valence-corrected chi connectivity index (χ0v) is 15.7. The number of alkyl halides is 2. The number of nitrogens with zero attached hydrogens (tertiary/aromatic N) is 3. The summed E-state index contributed by atoms with van der Waals surface area (Å²) in [6, 6.07) is 2.93. The van der Waals surface area contributed by atoms with E-state index in [-0.39, 0.29) is 30.1 Å². The second-order valence-electron chi connectivity index (χ2n) is 6.91. The molecule has 0 bridgehead atoms. The molecule has 0 fully saturated rings. The summed E-state index contributed by atoms with van der Waals surface area (Å²) in [6.07, 6.45) is 2.87. The average Bonchev–Trinajstić information content (AvgIpc) is 2.96. The lowest BCUT2D eigenvalue weighted by molar-refractivity contribution is -0.0244. The van der Waals surface area contributed by atoms with Crippen molar-refractivity contribution < 1.29 is 23.1 Å². The Hall–Kier alpha value is -3.10. The monoisotopic (exact) mass is 390 g/mol. The summed E-state index contributed by atoms with van der Waals surface area (Å²) in [7, 11) is 0. The van der Waals surface area contributed by atoms with Gasteiger partial charge in [-0.3, -0.25) is 14.6 Å². The Bertz CT molecular complexity index is 943. The summed E-state index contributed by atoms with van der Waals surface area (Å²) in [5, 5.41) is 0. The van der Waals surface area contributed by atoms with E-state index in [1.165, 1.54) is 12.4 Å². The number of fused-ring (bicyclic) bond motifs is 1. The number of aryl methyl sites for hydroxylation is 1. The number of aromatic nitrogens is 2. The van der Waals surface area contributed by atoms with Crippen LogP contribution in [0.4, 0.5) is 8.78 Å². The number of rotatable bonds is 6. The predicted octanol–water partition coefficient (Wildman–Crippen LogP) is 2.63. The Morgan fingerprint density at radius 1 is 1.43 bits per heavy atom. The van der Waals surface area contributed by atoms with E-state index in [4.69, 9.17) is 10.5 Å². The summed E-state index contributed by atoms with van der Waals surface area (Å²) in [5.41, 5.74) is 7.62. The average molecular weight is 390 g/mol. The molecule has 7 nitrogen and oxygen atoms in total. The minimum atomic E-state index is -2.96. The van der Waals surface area contributed by atoms with E-state index in [0.717, 1.165) is 6.92 Å². The minimum Gasteiger partial charge on any atom is -0.471 e. The fourth-order valence-corrected chi connectivity index (χ4v) is 3.11. The second kappa shape index (κ2) is 7.14. The Kier molecular flexibility index (Phi) is 5.01. The maximum absolute atomic E-state index is 13.0.